The minimum Gasteiger partial charge on any atom is -0.483 e. The molecule has 22 heavy (non-hydrogen) atoms. The van der Waals surface area contributed by atoms with Gasteiger partial charge in [0.25, 0.3) is 5.91 Å². The maximum absolute atomic E-state index is 12.6. The molecule has 0 aliphatic carbocycles. The van der Waals surface area contributed by atoms with Crippen LogP contribution >= 0.6 is 27.5 Å². The minimum atomic E-state index is -4.18. The minimum absolute atomic E-state index is 0.0594. The van der Waals surface area contributed by atoms with Crippen LogP contribution in [-0.2, 0) is 4.79 Å². The lowest BCUT2D eigenvalue weighted by atomic mass is 9.96. The van der Waals surface area contributed by atoms with Crippen molar-refractivity contribution in [2.45, 2.75) is 19.0 Å². The fourth-order valence-electron chi connectivity index (χ4n) is 2.28. The molecule has 1 amide bonds. The Morgan fingerprint density at radius 2 is 2.00 bits per heavy atom. The first kappa shape index (κ1) is 17.4. The van der Waals surface area contributed by atoms with Crippen LogP contribution in [0, 0.1) is 5.92 Å². The summed E-state index contributed by atoms with van der Waals surface area (Å²) in [6.45, 7) is -0.0260. The lowest BCUT2D eigenvalue weighted by Crippen LogP contribution is -2.43. The molecule has 8 heteroatoms. The second-order valence-corrected chi connectivity index (χ2v) is 6.24. The SMILES string of the molecule is O=C(COc1cccc(Cl)c1Br)N1CCC(C(F)(F)F)CC1. The van der Waals surface area contributed by atoms with Gasteiger partial charge >= 0.3 is 6.18 Å². The lowest BCUT2D eigenvalue weighted by Gasteiger charge is -2.32. The number of hydrogen-bond donors (Lipinski definition) is 0. The Morgan fingerprint density at radius 3 is 2.59 bits per heavy atom. The third-order valence-electron chi connectivity index (χ3n) is 3.58. The van der Waals surface area contributed by atoms with Gasteiger partial charge in [-0.2, -0.15) is 13.2 Å². The van der Waals surface area contributed by atoms with Gasteiger partial charge in [-0.05, 0) is 40.9 Å². The molecule has 122 valence electrons. The number of piperidine rings is 1. The standard InChI is InChI=1S/C14H14BrClF3NO2/c15-13-10(16)2-1-3-11(13)22-8-12(21)20-6-4-9(5-7-20)14(17,18)19/h1-3,9H,4-8H2. The van der Waals surface area contributed by atoms with Crippen molar-refractivity contribution in [2.24, 2.45) is 5.92 Å². The van der Waals surface area contributed by atoms with Gasteiger partial charge in [0.2, 0.25) is 0 Å². The van der Waals surface area contributed by atoms with E-state index in [9.17, 15) is 18.0 Å². The Balaban J connectivity index is 1.85. The highest BCUT2D eigenvalue weighted by atomic mass is 79.9. The first-order chi connectivity index (χ1) is 10.3. The summed E-state index contributed by atoms with van der Waals surface area (Å²) in [7, 11) is 0. The van der Waals surface area contributed by atoms with Gasteiger partial charge in [0.1, 0.15) is 5.75 Å². The van der Waals surface area contributed by atoms with Gasteiger partial charge in [-0.3, -0.25) is 4.79 Å². The molecule has 0 radical (unpaired) electrons. The molecule has 1 aliphatic heterocycles. The molecule has 1 heterocycles. The van der Waals surface area contributed by atoms with Gasteiger partial charge in [-0.15, -0.1) is 0 Å². The zero-order chi connectivity index (χ0) is 16.3. The van der Waals surface area contributed by atoms with Gasteiger partial charge in [-0.25, -0.2) is 0 Å². The Kier molecular flexibility index (Phi) is 5.60. The maximum atomic E-state index is 12.6. The molecule has 0 N–H and O–H groups in total. The summed E-state index contributed by atoms with van der Waals surface area (Å²) in [6, 6.07) is 5.00. The van der Waals surface area contributed by atoms with Crippen LogP contribution in [0.1, 0.15) is 12.8 Å². The predicted molar refractivity (Wildman–Crippen MR) is 80.0 cm³/mol. The average Bonchev–Trinajstić information content (AvgIpc) is 2.48. The van der Waals surface area contributed by atoms with Crippen molar-refractivity contribution in [1.82, 2.24) is 4.90 Å². The molecular weight excluding hydrogens is 387 g/mol. The molecule has 3 nitrogen and oxygen atoms in total. The van der Waals surface area contributed by atoms with Crippen LogP contribution in [0.3, 0.4) is 0 Å². The largest absolute Gasteiger partial charge is 0.483 e. The van der Waals surface area contributed by atoms with Crippen molar-refractivity contribution in [2.75, 3.05) is 19.7 Å². The number of benzene rings is 1. The van der Waals surface area contributed by atoms with Crippen molar-refractivity contribution in [3.05, 3.63) is 27.7 Å². The Hall–Kier alpha value is -0.950. The molecule has 0 saturated carbocycles. The quantitative estimate of drug-likeness (QED) is 0.758. The van der Waals surface area contributed by atoms with Crippen LogP contribution in [0.4, 0.5) is 13.2 Å². The van der Waals surface area contributed by atoms with Crippen molar-refractivity contribution in [3.63, 3.8) is 0 Å². The molecular formula is C14H14BrClF3NO2. The molecule has 0 unspecified atom stereocenters. The first-order valence-electron chi connectivity index (χ1n) is 6.70. The second kappa shape index (κ2) is 7.08. The number of ether oxygens (including phenoxy) is 1. The number of alkyl halides is 3. The van der Waals surface area contributed by atoms with Crippen LogP contribution in [0.5, 0.6) is 5.75 Å². The molecule has 1 aromatic carbocycles. The Morgan fingerprint density at radius 1 is 1.36 bits per heavy atom. The van der Waals surface area contributed by atoms with Gasteiger partial charge in [0.15, 0.2) is 6.61 Å². The van der Waals surface area contributed by atoms with Gasteiger partial charge in [0, 0.05) is 13.1 Å². The first-order valence-corrected chi connectivity index (χ1v) is 7.87. The van der Waals surface area contributed by atoms with Gasteiger partial charge < -0.3 is 9.64 Å². The van der Waals surface area contributed by atoms with E-state index < -0.39 is 12.1 Å². The van der Waals surface area contributed by atoms with E-state index in [-0.39, 0.29) is 38.4 Å². The molecule has 2 rings (SSSR count). The van der Waals surface area contributed by atoms with Crippen molar-refractivity contribution in [1.29, 1.82) is 0 Å². The molecule has 0 aromatic heterocycles. The second-order valence-electron chi connectivity index (χ2n) is 5.04. The van der Waals surface area contributed by atoms with E-state index >= 15 is 0 Å². The lowest BCUT2D eigenvalue weighted by molar-refractivity contribution is -0.186. The number of hydrogen-bond acceptors (Lipinski definition) is 2. The van der Waals surface area contributed by atoms with E-state index in [1.165, 1.54) is 4.90 Å². The summed E-state index contributed by atoms with van der Waals surface area (Å²) in [5, 5.41) is 0.455. The molecule has 1 saturated heterocycles. The van der Waals surface area contributed by atoms with E-state index in [0.29, 0.717) is 15.2 Å². The summed E-state index contributed by atoms with van der Waals surface area (Å²) in [6.07, 6.45) is -4.30. The number of halogens is 5. The highest BCUT2D eigenvalue weighted by Gasteiger charge is 2.41. The van der Waals surface area contributed by atoms with E-state index in [1.807, 2.05) is 0 Å². The van der Waals surface area contributed by atoms with Crippen molar-refractivity contribution in [3.8, 4) is 5.75 Å². The van der Waals surface area contributed by atoms with Gasteiger partial charge in [-0.1, -0.05) is 17.7 Å². The third-order valence-corrected chi connectivity index (χ3v) is 4.94. The molecule has 0 atom stereocenters. The topological polar surface area (TPSA) is 29.5 Å². The van der Waals surface area contributed by atoms with Crippen LogP contribution in [0.25, 0.3) is 0 Å². The zero-order valence-corrected chi connectivity index (χ0v) is 13.8. The van der Waals surface area contributed by atoms with Crippen molar-refractivity contribution >= 4 is 33.4 Å². The van der Waals surface area contributed by atoms with Gasteiger partial charge in [0.05, 0.1) is 15.4 Å². The van der Waals surface area contributed by atoms with Crippen molar-refractivity contribution < 1.29 is 22.7 Å². The third kappa shape index (κ3) is 4.29. The number of carbonyl (C=O) groups excluding carboxylic acids is 1. The van der Waals surface area contributed by atoms with Crippen LogP contribution in [-0.4, -0.2) is 36.7 Å². The number of carbonyl (C=O) groups is 1. The fourth-order valence-corrected chi connectivity index (χ4v) is 2.83. The van der Waals surface area contributed by atoms with E-state index in [2.05, 4.69) is 15.9 Å². The number of nitrogens with zero attached hydrogens (tertiary/aromatic N) is 1. The Labute approximate surface area is 139 Å². The highest BCUT2D eigenvalue weighted by molar-refractivity contribution is 9.10. The predicted octanol–water partition coefficient (Wildman–Crippen LogP) is 4.28. The monoisotopic (exact) mass is 399 g/mol. The van der Waals surface area contributed by atoms with E-state index in [0.717, 1.165) is 0 Å². The Bertz CT molecular complexity index is 545. The summed E-state index contributed by atoms with van der Waals surface area (Å²) in [5.41, 5.74) is 0. The van der Waals surface area contributed by atoms with E-state index in [1.54, 1.807) is 18.2 Å². The van der Waals surface area contributed by atoms with Crippen LogP contribution < -0.4 is 4.74 Å². The fraction of sp³-hybridized carbons (Fsp3) is 0.500. The number of rotatable bonds is 3. The van der Waals surface area contributed by atoms with E-state index in [4.69, 9.17) is 16.3 Å². The molecule has 1 aliphatic rings. The average molecular weight is 401 g/mol. The highest BCUT2D eigenvalue weighted by Crippen LogP contribution is 2.34. The molecule has 0 bridgehead atoms. The summed E-state index contributed by atoms with van der Waals surface area (Å²) in [5.74, 6) is -1.22. The molecule has 0 spiro atoms. The van der Waals surface area contributed by atoms with Crippen LogP contribution in [0.2, 0.25) is 5.02 Å². The smallest absolute Gasteiger partial charge is 0.391 e. The number of likely N-dealkylation sites (tertiary alicyclic amines) is 1. The van der Waals surface area contributed by atoms with Crippen LogP contribution in [0.15, 0.2) is 22.7 Å². The molecule has 1 fully saturated rings. The summed E-state index contributed by atoms with van der Waals surface area (Å²) >= 11 is 9.16. The molecule has 1 aromatic rings. The zero-order valence-electron chi connectivity index (χ0n) is 11.5. The summed E-state index contributed by atoms with van der Waals surface area (Å²) < 4.78 is 43.6. The summed E-state index contributed by atoms with van der Waals surface area (Å²) in [4.78, 5) is 13.4. The normalized spacial score (nSPS) is 16.7. The maximum Gasteiger partial charge on any atom is 0.391 e. The number of amides is 1.